The molecule has 5 nitrogen and oxygen atoms in total. The zero-order valence-corrected chi connectivity index (χ0v) is 10.5. The van der Waals surface area contributed by atoms with Crippen LogP contribution in [0.1, 0.15) is 38.5 Å². The minimum absolute atomic E-state index is 0.365. The van der Waals surface area contributed by atoms with E-state index in [0.717, 1.165) is 14.2 Å². The number of hydrogen-bond donors (Lipinski definition) is 5. The van der Waals surface area contributed by atoms with Crippen molar-refractivity contribution in [2.45, 2.75) is 44.6 Å². The topological polar surface area (TPSA) is 101 Å². The minimum Gasteiger partial charge on any atom is -0.400 e. The smallest absolute Gasteiger partial charge is 0.100 e. The third-order valence-electron chi connectivity index (χ3n) is 1.92. The number of aliphatic hydroxyl groups is 5. The summed E-state index contributed by atoms with van der Waals surface area (Å²) in [4.78, 5) is 0. The third kappa shape index (κ3) is 23.5. The monoisotopic (exact) mass is 240 g/mol. The van der Waals surface area contributed by atoms with Crippen LogP contribution in [0.4, 0.5) is 0 Å². The van der Waals surface area contributed by atoms with Gasteiger partial charge in [-0.25, -0.2) is 0 Å². The Labute approximate surface area is 98.4 Å². The maximum atomic E-state index is 8.17. The summed E-state index contributed by atoms with van der Waals surface area (Å²) < 4.78 is 0. The molecular weight excluding hydrogens is 212 g/mol. The molecule has 0 saturated heterocycles. The highest BCUT2D eigenvalue weighted by atomic mass is 16.3. The Hall–Kier alpha value is -0.200. The summed E-state index contributed by atoms with van der Waals surface area (Å²) in [5.74, 6) is 0. The largest absolute Gasteiger partial charge is 0.400 e. The predicted molar refractivity (Wildman–Crippen MR) is 64.2 cm³/mol. The molecule has 0 aromatic heterocycles. The average Bonchev–Trinajstić information content (AvgIpc) is 2.45. The Morgan fingerprint density at radius 1 is 0.688 bits per heavy atom. The lowest BCUT2D eigenvalue weighted by molar-refractivity contribution is 0.0450. The van der Waals surface area contributed by atoms with E-state index in [4.69, 9.17) is 25.5 Å². The Bertz CT molecular complexity index is 70.9. The van der Waals surface area contributed by atoms with E-state index < -0.39 is 6.10 Å². The zero-order chi connectivity index (χ0) is 13.2. The summed E-state index contributed by atoms with van der Waals surface area (Å²) >= 11 is 0. The average molecular weight is 240 g/mol. The predicted octanol–water partition coefficient (Wildman–Crippen LogP) is -0.110. The van der Waals surface area contributed by atoms with E-state index in [2.05, 4.69) is 0 Å². The Morgan fingerprint density at radius 3 is 0.938 bits per heavy atom. The SMILES string of the molecule is C1CCCCC1.CO.CO.OCC(O)CO. The quantitative estimate of drug-likeness (QED) is 0.463. The van der Waals surface area contributed by atoms with Crippen molar-refractivity contribution in [3.05, 3.63) is 0 Å². The second kappa shape index (κ2) is 24.2. The lowest BCUT2D eigenvalue weighted by atomic mass is 10.0. The molecule has 5 heteroatoms. The first-order valence-corrected chi connectivity index (χ1v) is 5.60. The number of aliphatic hydroxyl groups excluding tert-OH is 5. The molecule has 102 valence electrons. The van der Waals surface area contributed by atoms with Crippen molar-refractivity contribution in [2.75, 3.05) is 27.4 Å². The molecule has 5 N–H and O–H groups in total. The Kier molecular flexibility index (Phi) is 31.9. The summed E-state index contributed by atoms with van der Waals surface area (Å²) in [5, 5.41) is 38.0. The molecule has 1 rings (SSSR count). The van der Waals surface area contributed by atoms with Crippen molar-refractivity contribution in [3.8, 4) is 0 Å². The van der Waals surface area contributed by atoms with Gasteiger partial charge in [-0.05, 0) is 0 Å². The van der Waals surface area contributed by atoms with Crippen LogP contribution in [0.15, 0.2) is 0 Å². The molecule has 0 spiro atoms. The van der Waals surface area contributed by atoms with Gasteiger partial charge in [-0.1, -0.05) is 38.5 Å². The van der Waals surface area contributed by atoms with E-state index >= 15 is 0 Å². The molecule has 0 unspecified atom stereocenters. The molecule has 0 aromatic carbocycles. The molecule has 16 heavy (non-hydrogen) atoms. The summed E-state index contributed by atoms with van der Waals surface area (Å²) in [6.07, 6.45) is 8.05. The van der Waals surface area contributed by atoms with E-state index in [0.29, 0.717) is 0 Å². The lowest BCUT2D eigenvalue weighted by Gasteiger charge is -2.05. The van der Waals surface area contributed by atoms with Crippen molar-refractivity contribution in [1.82, 2.24) is 0 Å². The summed E-state index contributed by atoms with van der Waals surface area (Å²) in [6.45, 7) is -0.729. The van der Waals surface area contributed by atoms with Crippen molar-refractivity contribution < 1.29 is 25.5 Å². The zero-order valence-electron chi connectivity index (χ0n) is 10.5. The fourth-order valence-electron chi connectivity index (χ4n) is 1.12. The van der Waals surface area contributed by atoms with Crippen LogP contribution in [-0.2, 0) is 0 Å². The second-order valence-corrected chi connectivity index (χ2v) is 3.14. The van der Waals surface area contributed by atoms with Crippen LogP contribution >= 0.6 is 0 Å². The van der Waals surface area contributed by atoms with Crippen LogP contribution in [0, 0.1) is 0 Å². The first-order chi connectivity index (χ1) is 7.81. The molecule has 0 amide bonds. The van der Waals surface area contributed by atoms with Gasteiger partial charge in [0.25, 0.3) is 0 Å². The molecule has 0 aliphatic heterocycles. The fraction of sp³-hybridized carbons (Fsp3) is 1.00. The van der Waals surface area contributed by atoms with Crippen LogP contribution in [0.3, 0.4) is 0 Å². The molecule has 1 aliphatic rings. The van der Waals surface area contributed by atoms with Crippen molar-refractivity contribution in [2.24, 2.45) is 0 Å². The van der Waals surface area contributed by atoms with Crippen molar-refractivity contribution in [3.63, 3.8) is 0 Å². The second-order valence-electron chi connectivity index (χ2n) is 3.14. The van der Waals surface area contributed by atoms with Crippen LogP contribution in [0.25, 0.3) is 0 Å². The van der Waals surface area contributed by atoms with E-state index in [9.17, 15) is 0 Å². The van der Waals surface area contributed by atoms with Gasteiger partial charge in [0.15, 0.2) is 0 Å². The molecular formula is C11H28O5. The summed E-state index contributed by atoms with van der Waals surface area (Å²) in [5.41, 5.74) is 0. The van der Waals surface area contributed by atoms with Crippen LogP contribution < -0.4 is 0 Å². The molecule has 1 fully saturated rings. The number of hydrogen-bond acceptors (Lipinski definition) is 5. The van der Waals surface area contributed by atoms with Gasteiger partial charge in [-0.2, -0.15) is 0 Å². The molecule has 1 aliphatic carbocycles. The summed E-state index contributed by atoms with van der Waals surface area (Å²) in [7, 11) is 2.00. The van der Waals surface area contributed by atoms with Gasteiger partial charge in [0.1, 0.15) is 6.10 Å². The highest BCUT2D eigenvalue weighted by Crippen LogP contribution is 2.15. The normalized spacial score (nSPS) is 13.5. The van der Waals surface area contributed by atoms with Crippen molar-refractivity contribution >= 4 is 0 Å². The third-order valence-corrected chi connectivity index (χ3v) is 1.92. The van der Waals surface area contributed by atoms with E-state index in [1.807, 2.05) is 0 Å². The standard InChI is InChI=1S/C6H12.C3H8O3.2CH4O/c1-2-4-6-5-3-1;4-1-3(6)2-5;2*1-2/h1-6H2;3-6H,1-2H2;2*2H,1H3. The van der Waals surface area contributed by atoms with Crippen LogP contribution in [0.2, 0.25) is 0 Å². The van der Waals surface area contributed by atoms with E-state index in [1.54, 1.807) is 0 Å². The van der Waals surface area contributed by atoms with E-state index in [-0.39, 0.29) is 13.2 Å². The van der Waals surface area contributed by atoms with Gasteiger partial charge in [0.05, 0.1) is 13.2 Å². The Balaban J connectivity index is -0.000000162. The van der Waals surface area contributed by atoms with Gasteiger partial charge < -0.3 is 25.5 Å². The molecule has 0 atom stereocenters. The Morgan fingerprint density at radius 2 is 0.875 bits per heavy atom. The maximum absolute atomic E-state index is 8.17. The highest BCUT2D eigenvalue weighted by molar-refractivity contribution is 4.51. The molecule has 0 aromatic rings. The first kappa shape index (κ1) is 21.1. The van der Waals surface area contributed by atoms with E-state index in [1.165, 1.54) is 38.5 Å². The van der Waals surface area contributed by atoms with Crippen LogP contribution in [0.5, 0.6) is 0 Å². The van der Waals surface area contributed by atoms with Crippen LogP contribution in [-0.4, -0.2) is 59.1 Å². The number of rotatable bonds is 2. The fourth-order valence-corrected chi connectivity index (χ4v) is 1.12. The van der Waals surface area contributed by atoms with Gasteiger partial charge >= 0.3 is 0 Å². The molecule has 1 saturated carbocycles. The van der Waals surface area contributed by atoms with Crippen molar-refractivity contribution in [1.29, 1.82) is 0 Å². The van der Waals surface area contributed by atoms with Gasteiger partial charge in [-0.3, -0.25) is 0 Å². The first-order valence-electron chi connectivity index (χ1n) is 5.60. The molecule has 0 bridgehead atoms. The molecule has 0 heterocycles. The van der Waals surface area contributed by atoms with Gasteiger partial charge in [0.2, 0.25) is 0 Å². The summed E-state index contributed by atoms with van der Waals surface area (Å²) in [6, 6.07) is 0. The highest BCUT2D eigenvalue weighted by Gasteiger charge is 1.95. The minimum atomic E-state index is -0.954. The lowest BCUT2D eigenvalue weighted by Crippen LogP contribution is -2.15. The van der Waals surface area contributed by atoms with Gasteiger partial charge in [-0.15, -0.1) is 0 Å². The van der Waals surface area contributed by atoms with Gasteiger partial charge in [0, 0.05) is 14.2 Å². The molecule has 0 radical (unpaired) electrons. The maximum Gasteiger partial charge on any atom is 0.100 e.